The van der Waals surface area contributed by atoms with Crippen LogP contribution in [0.1, 0.15) is 28.3 Å². The molecule has 2 amide bonds. The fourth-order valence-electron chi connectivity index (χ4n) is 1.17. The molecule has 0 aliphatic carbocycles. The highest BCUT2D eigenvalue weighted by Gasteiger charge is 2.35. The standard InChI is InChI=1S/C11H23N2O7PS/c1-11(2,7-20-21(17,18)19)9(15)10(16)13-4-3-8(14)12-5-6-22/h9,15,22H,3-7H2,1-2H3,(H,12,14)(H,13,16)(H2,17,18,19)/i1D3,2D3. The van der Waals surface area contributed by atoms with Crippen LogP contribution < -0.4 is 10.6 Å². The lowest BCUT2D eigenvalue weighted by Gasteiger charge is -2.29. The van der Waals surface area contributed by atoms with E-state index in [-0.39, 0.29) is 19.5 Å². The molecule has 0 rings (SSSR count). The predicted molar refractivity (Wildman–Crippen MR) is 82.3 cm³/mol. The van der Waals surface area contributed by atoms with Crippen LogP contribution in [0.2, 0.25) is 0 Å². The Morgan fingerprint density at radius 2 is 2.00 bits per heavy atom. The van der Waals surface area contributed by atoms with Gasteiger partial charge in [-0.1, -0.05) is 13.7 Å². The molecule has 0 saturated carbocycles. The molecular formula is C11H23N2O7PS. The van der Waals surface area contributed by atoms with Crippen molar-refractivity contribution in [2.24, 2.45) is 5.41 Å². The summed E-state index contributed by atoms with van der Waals surface area (Å²) in [4.78, 5) is 41.2. The first-order chi connectivity index (χ1) is 12.5. The first-order valence-electron chi connectivity index (χ1n) is 9.03. The van der Waals surface area contributed by atoms with Gasteiger partial charge in [0.1, 0.15) is 6.10 Å². The molecule has 1 atom stereocenters. The van der Waals surface area contributed by atoms with Crippen LogP contribution in [0.25, 0.3) is 0 Å². The van der Waals surface area contributed by atoms with E-state index in [9.17, 15) is 19.3 Å². The van der Waals surface area contributed by atoms with Crippen molar-refractivity contribution in [2.75, 3.05) is 25.4 Å². The fraction of sp³-hybridized carbons (Fsp3) is 0.818. The van der Waals surface area contributed by atoms with Crippen LogP contribution in [-0.2, 0) is 18.7 Å². The number of amides is 2. The number of carbonyl (C=O) groups is 2. The van der Waals surface area contributed by atoms with Gasteiger partial charge in [0.15, 0.2) is 0 Å². The van der Waals surface area contributed by atoms with E-state index in [1.165, 1.54) is 0 Å². The second kappa shape index (κ2) is 9.49. The highest BCUT2D eigenvalue weighted by Crippen LogP contribution is 2.38. The zero-order valence-corrected chi connectivity index (χ0v) is 13.3. The lowest BCUT2D eigenvalue weighted by Crippen LogP contribution is -2.46. The van der Waals surface area contributed by atoms with E-state index >= 15 is 0 Å². The van der Waals surface area contributed by atoms with E-state index in [2.05, 4.69) is 22.5 Å². The van der Waals surface area contributed by atoms with Gasteiger partial charge in [-0.3, -0.25) is 14.1 Å². The Morgan fingerprint density at radius 1 is 1.36 bits per heavy atom. The molecule has 0 spiro atoms. The second-order valence-corrected chi connectivity index (χ2v) is 5.94. The van der Waals surface area contributed by atoms with E-state index in [1.54, 1.807) is 0 Å². The lowest BCUT2D eigenvalue weighted by atomic mass is 9.87. The topological polar surface area (TPSA) is 145 Å². The van der Waals surface area contributed by atoms with Gasteiger partial charge in [0, 0.05) is 38.9 Å². The summed E-state index contributed by atoms with van der Waals surface area (Å²) < 4.78 is 59.8. The molecule has 0 aromatic rings. The quantitative estimate of drug-likeness (QED) is 0.216. The summed E-state index contributed by atoms with van der Waals surface area (Å²) in [6.07, 6.45) is -3.00. The number of hydrogen-bond acceptors (Lipinski definition) is 6. The Kier molecular flexibility index (Phi) is 5.50. The highest BCUT2D eigenvalue weighted by atomic mass is 32.1. The summed E-state index contributed by atoms with van der Waals surface area (Å²) >= 11 is 3.88. The average molecular weight is 364 g/mol. The van der Waals surface area contributed by atoms with Gasteiger partial charge >= 0.3 is 7.82 Å². The highest BCUT2D eigenvalue weighted by molar-refractivity contribution is 7.80. The van der Waals surface area contributed by atoms with E-state index < -0.39 is 51.5 Å². The number of phosphoric acid groups is 1. The Bertz CT molecular complexity index is 583. The largest absolute Gasteiger partial charge is 0.469 e. The molecule has 22 heavy (non-hydrogen) atoms. The van der Waals surface area contributed by atoms with Gasteiger partial charge in [0.05, 0.1) is 6.61 Å². The Hall–Kier alpha value is -0.640. The molecule has 11 heteroatoms. The number of rotatable bonds is 10. The third-order valence-electron chi connectivity index (χ3n) is 2.26. The van der Waals surface area contributed by atoms with Crippen molar-refractivity contribution in [1.29, 1.82) is 0 Å². The second-order valence-electron chi connectivity index (χ2n) is 4.25. The van der Waals surface area contributed by atoms with E-state index in [0.29, 0.717) is 5.75 Å². The minimum Gasteiger partial charge on any atom is -0.383 e. The molecule has 5 N–H and O–H groups in total. The van der Waals surface area contributed by atoms with E-state index in [4.69, 9.17) is 18.0 Å². The van der Waals surface area contributed by atoms with Crippen LogP contribution in [0, 0.1) is 5.41 Å². The van der Waals surface area contributed by atoms with Gasteiger partial charge in [-0.25, -0.2) is 4.57 Å². The molecule has 0 radical (unpaired) electrons. The summed E-state index contributed by atoms with van der Waals surface area (Å²) in [5.74, 6) is -1.56. The Morgan fingerprint density at radius 3 is 2.50 bits per heavy atom. The summed E-state index contributed by atoms with van der Waals surface area (Å²) in [5.41, 5.74) is -3.33. The van der Waals surface area contributed by atoms with Gasteiger partial charge in [0.2, 0.25) is 11.8 Å². The van der Waals surface area contributed by atoms with Gasteiger partial charge < -0.3 is 25.5 Å². The first kappa shape index (κ1) is 12.7. The Balaban J connectivity index is 5.50. The minimum atomic E-state index is -5.32. The maximum atomic E-state index is 12.1. The normalized spacial score (nSPS) is 18.7. The van der Waals surface area contributed by atoms with Gasteiger partial charge in [-0.05, 0) is 0 Å². The number of phosphoric ester groups is 1. The van der Waals surface area contributed by atoms with E-state index in [0.717, 1.165) is 0 Å². The molecule has 0 aromatic carbocycles. The monoisotopic (exact) mass is 364 g/mol. The summed E-state index contributed by atoms with van der Waals surface area (Å²) in [7, 11) is -5.32. The van der Waals surface area contributed by atoms with Crippen LogP contribution >= 0.6 is 20.5 Å². The predicted octanol–water partition coefficient (Wildman–Crippen LogP) is -0.965. The van der Waals surface area contributed by atoms with Crippen molar-refractivity contribution in [3.63, 3.8) is 0 Å². The number of thiol groups is 1. The Labute approximate surface area is 142 Å². The summed E-state index contributed by atoms with van der Waals surface area (Å²) in [6, 6.07) is 0. The maximum absolute atomic E-state index is 12.1. The number of aliphatic hydroxyl groups is 1. The van der Waals surface area contributed by atoms with Crippen LogP contribution in [0.4, 0.5) is 0 Å². The number of nitrogens with one attached hydrogen (secondary N) is 2. The summed E-state index contributed by atoms with van der Waals surface area (Å²) in [5, 5.41) is 14.7. The van der Waals surface area contributed by atoms with Crippen molar-refractivity contribution in [3.05, 3.63) is 0 Å². The molecule has 0 aromatic heterocycles. The molecule has 130 valence electrons. The van der Waals surface area contributed by atoms with Crippen molar-refractivity contribution >= 4 is 32.3 Å². The molecule has 0 aliphatic rings. The third kappa shape index (κ3) is 9.39. The molecular weight excluding hydrogens is 335 g/mol. The first-order valence-corrected chi connectivity index (χ1v) is 8.19. The van der Waals surface area contributed by atoms with Crippen LogP contribution in [0.15, 0.2) is 0 Å². The molecule has 0 bridgehead atoms. The SMILES string of the molecule is [2H]C([2H])([2H])C(COP(=O)(O)O)(C(O)C(=O)NCCC(=O)NCCS)C([2H])([2H])[2H]. The van der Waals surface area contributed by atoms with Gasteiger partial charge in [-0.2, -0.15) is 12.6 Å². The average Bonchev–Trinajstić information content (AvgIpc) is 2.49. The van der Waals surface area contributed by atoms with Crippen molar-refractivity contribution in [2.45, 2.75) is 26.2 Å². The van der Waals surface area contributed by atoms with Crippen LogP contribution in [0.5, 0.6) is 0 Å². The number of carbonyl (C=O) groups excluding carboxylic acids is 2. The van der Waals surface area contributed by atoms with Crippen LogP contribution in [-0.4, -0.2) is 58.3 Å². The fourth-order valence-corrected chi connectivity index (χ4v) is 1.65. The maximum Gasteiger partial charge on any atom is 0.469 e. The smallest absolute Gasteiger partial charge is 0.383 e. The molecule has 0 aliphatic heterocycles. The van der Waals surface area contributed by atoms with Crippen molar-refractivity contribution < 1.29 is 41.8 Å². The number of hydrogen-bond donors (Lipinski definition) is 6. The van der Waals surface area contributed by atoms with Gasteiger partial charge in [0.25, 0.3) is 0 Å². The summed E-state index contributed by atoms with van der Waals surface area (Å²) in [6.45, 7) is -8.89. The molecule has 0 heterocycles. The lowest BCUT2D eigenvalue weighted by molar-refractivity contribution is -0.137. The van der Waals surface area contributed by atoms with Gasteiger partial charge in [-0.15, -0.1) is 0 Å². The molecule has 0 saturated heterocycles. The third-order valence-corrected chi connectivity index (χ3v) is 2.95. The minimum absolute atomic E-state index is 0.250. The zero-order valence-electron chi connectivity index (χ0n) is 17.5. The van der Waals surface area contributed by atoms with Crippen molar-refractivity contribution in [3.8, 4) is 0 Å². The van der Waals surface area contributed by atoms with Crippen LogP contribution in [0.3, 0.4) is 0 Å². The van der Waals surface area contributed by atoms with Crippen molar-refractivity contribution in [1.82, 2.24) is 10.6 Å². The number of aliphatic hydroxyl groups excluding tert-OH is 1. The molecule has 9 nitrogen and oxygen atoms in total. The molecule has 0 fully saturated rings. The molecule has 1 unspecified atom stereocenters. The van der Waals surface area contributed by atoms with E-state index in [1.807, 2.05) is 5.32 Å². The zero-order chi connectivity index (χ0) is 22.4.